The Morgan fingerprint density at radius 1 is 1.31 bits per heavy atom. The lowest BCUT2D eigenvalue weighted by Crippen LogP contribution is -2.41. The van der Waals surface area contributed by atoms with Crippen LogP contribution in [0.5, 0.6) is 11.5 Å². The Kier molecular flexibility index (Phi) is 5.63. The summed E-state index contributed by atoms with van der Waals surface area (Å²) in [7, 11) is 1.51. The van der Waals surface area contributed by atoms with Gasteiger partial charge < -0.3 is 14.4 Å². The highest BCUT2D eigenvalue weighted by Crippen LogP contribution is 2.33. The van der Waals surface area contributed by atoms with E-state index in [9.17, 15) is 4.79 Å². The second kappa shape index (κ2) is 8.50. The fourth-order valence-electron chi connectivity index (χ4n) is 3.56. The van der Waals surface area contributed by atoms with Crippen LogP contribution in [-0.2, 0) is 4.79 Å². The lowest BCUT2D eigenvalue weighted by molar-refractivity contribution is -0.134. The number of nitrogens with zero attached hydrogens (tertiary/aromatic N) is 3. The molecule has 0 spiro atoms. The van der Waals surface area contributed by atoms with Crippen LogP contribution in [0.3, 0.4) is 0 Å². The first-order valence-electron chi connectivity index (χ1n) is 9.52. The summed E-state index contributed by atoms with van der Waals surface area (Å²) in [6, 6.07) is 15.1. The number of hydrogen-bond acceptors (Lipinski definition) is 6. The Hall–Kier alpha value is -3.11. The number of methoxy groups -OCH3 is 1. The molecular formula is C22H21N3O3S. The predicted octanol–water partition coefficient (Wildman–Crippen LogP) is 3.96. The quantitative estimate of drug-likeness (QED) is 0.640. The van der Waals surface area contributed by atoms with Crippen LogP contribution in [0.4, 0.5) is 0 Å². The molecule has 1 aliphatic heterocycles. The number of carbonyl (C=O) groups excluding carboxylic acids is 1. The van der Waals surface area contributed by atoms with Gasteiger partial charge in [-0.1, -0.05) is 12.1 Å². The van der Waals surface area contributed by atoms with Crippen molar-refractivity contribution < 1.29 is 14.3 Å². The van der Waals surface area contributed by atoms with Crippen LogP contribution in [0, 0.1) is 11.3 Å². The highest BCUT2D eigenvalue weighted by molar-refractivity contribution is 7.18. The normalized spacial score (nSPS) is 16.4. The van der Waals surface area contributed by atoms with Crippen molar-refractivity contribution >= 4 is 27.5 Å². The summed E-state index contributed by atoms with van der Waals surface area (Å²) in [5.74, 6) is 1.11. The Morgan fingerprint density at radius 3 is 2.97 bits per heavy atom. The first kappa shape index (κ1) is 19.2. The summed E-state index contributed by atoms with van der Waals surface area (Å²) in [5, 5.41) is 10.1. The van der Waals surface area contributed by atoms with Crippen molar-refractivity contribution in [2.75, 3.05) is 26.8 Å². The summed E-state index contributed by atoms with van der Waals surface area (Å²) in [6.45, 7) is 1.33. The summed E-state index contributed by atoms with van der Waals surface area (Å²) in [5.41, 5.74) is 1.50. The molecule has 0 N–H and O–H groups in total. The van der Waals surface area contributed by atoms with E-state index in [-0.39, 0.29) is 18.4 Å². The topological polar surface area (TPSA) is 75.5 Å². The van der Waals surface area contributed by atoms with Gasteiger partial charge in [0.2, 0.25) is 0 Å². The van der Waals surface area contributed by atoms with Gasteiger partial charge in [0.05, 0.1) is 34.0 Å². The lowest BCUT2D eigenvalue weighted by atomic mass is 9.99. The number of carbonyl (C=O) groups is 1. The monoisotopic (exact) mass is 407 g/mol. The number of ether oxygens (including phenoxy) is 2. The van der Waals surface area contributed by atoms with Gasteiger partial charge in [0.25, 0.3) is 5.91 Å². The molecule has 2 heterocycles. The molecule has 0 radical (unpaired) electrons. The van der Waals surface area contributed by atoms with Crippen LogP contribution in [0.15, 0.2) is 42.5 Å². The van der Waals surface area contributed by atoms with Crippen molar-refractivity contribution in [1.29, 1.82) is 5.26 Å². The van der Waals surface area contributed by atoms with E-state index in [1.54, 1.807) is 29.5 Å². The maximum atomic E-state index is 12.7. The standard InChI is InChI=1S/C22H21N3O3S/c1-27-19-11-15(12-23)8-9-18(19)28-14-21(26)25-10-4-5-16(13-25)22-24-17-6-2-3-7-20(17)29-22/h2-3,6-9,11,16H,4-5,10,13-14H2,1H3/t16-/m1/s1. The SMILES string of the molecule is COc1cc(C#N)ccc1OCC(=O)N1CCC[C@@H](c2nc3ccccc3s2)C1. The second-order valence-electron chi connectivity index (χ2n) is 6.96. The largest absolute Gasteiger partial charge is 0.493 e. The smallest absolute Gasteiger partial charge is 0.260 e. The van der Waals surface area contributed by atoms with Gasteiger partial charge in [-0.3, -0.25) is 4.79 Å². The average Bonchev–Trinajstić information content (AvgIpc) is 3.22. The summed E-state index contributed by atoms with van der Waals surface area (Å²) >= 11 is 1.71. The third kappa shape index (κ3) is 4.17. The van der Waals surface area contributed by atoms with Gasteiger partial charge in [0.1, 0.15) is 0 Å². The van der Waals surface area contributed by atoms with Crippen molar-refractivity contribution in [3.63, 3.8) is 0 Å². The number of likely N-dealkylation sites (tertiary alicyclic amines) is 1. The third-order valence-electron chi connectivity index (χ3n) is 5.08. The van der Waals surface area contributed by atoms with E-state index in [2.05, 4.69) is 12.1 Å². The van der Waals surface area contributed by atoms with E-state index in [1.807, 2.05) is 23.1 Å². The van der Waals surface area contributed by atoms with Crippen LogP contribution < -0.4 is 9.47 Å². The molecule has 7 heteroatoms. The van der Waals surface area contributed by atoms with Crippen molar-refractivity contribution in [1.82, 2.24) is 9.88 Å². The molecule has 3 aromatic rings. The Bertz CT molecular complexity index is 1040. The van der Waals surface area contributed by atoms with Gasteiger partial charge in [0.15, 0.2) is 18.1 Å². The van der Waals surface area contributed by atoms with E-state index in [0.717, 1.165) is 29.9 Å². The van der Waals surface area contributed by atoms with Gasteiger partial charge in [0, 0.05) is 25.1 Å². The zero-order valence-corrected chi connectivity index (χ0v) is 16.9. The molecule has 0 aliphatic carbocycles. The molecule has 148 valence electrons. The number of rotatable bonds is 5. The van der Waals surface area contributed by atoms with E-state index in [4.69, 9.17) is 19.7 Å². The molecule has 1 amide bonds. The number of hydrogen-bond donors (Lipinski definition) is 0. The van der Waals surface area contributed by atoms with Crippen LogP contribution >= 0.6 is 11.3 Å². The van der Waals surface area contributed by atoms with Crippen molar-refractivity contribution in [3.05, 3.63) is 53.0 Å². The molecule has 0 unspecified atom stereocenters. The van der Waals surface area contributed by atoms with Crippen LogP contribution in [-0.4, -0.2) is 42.6 Å². The highest BCUT2D eigenvalue weighted by Gasteiger charge is 2.27. The minimum atomic E-state index is -0.0607. The summed E-state index contributed by atoms with van der Waals surface area (Å²) in [4.78, 5) is 19.4. The maximum Gasteiger partial charge on any atom is 0.260 e. The Morgan fingerprint density at radius 2 is 2.17 bits per heavy atom. The first-order chi connectivity index (χ1) is 14.2. The number of thiazole rings is 1. The van der Waals surface area contributed by atoms with E-state index in [0.29, 0.717) is 23.6 Å². The van der Waals surface area contributed by atoms with Crippen LogP contribution in [0.25, 0.3) is 10.2 Å². The zero-order chi connectivity index (χ0) is 20.2. The number of piperidine rings is 1. The molecule has 4 rings (SSSR count). The molecule has 0 saturated carbocycles. The molecule has 1 fully saturated rings. The number of amides is 1. The van der Waals surface area contributed by atoms with Crippen molar-refractivity contribution in [2.45, 2.75) is 18.8 Å². The Balaban J connectivity index is 1.41. The molecule has 0 bridgehead atoms. The van der Waals surface area contributed by atoms with Gasteiger partial charge >= 0.3 is 0 Å². The molecule has 29 heavy (non-hydrogen) atoms. The van der Waals surface area contributed by atoms with Crippen LogP contribution in [0.1, 0.15) is 29.3 Å². The van der Waals surface area contributed by atoms with E-state index in [1.165, 1.54) is 11.8 Å². The number of benzene rings is 2. The molecule has 2 aromatic carbocycles. The summed E-state index contributed by atoms with van der Waals surface area (Å²) < 4.78 is 12.1. The van der Waals surface area contributed by atoms with Crippen LogP contribution in [0.2, 0.25) is 0 Å². The molecular weight excluding hydrogens is 386 g/mol. The number of aromatic nitrogens is 1. The van der Waals surface area contributed by atoms with E-state index < -0.39 is 0 Å². The maximum absolute atomic E-state index is 12.7. The minimum absolute atomic E-state index is 0.0535. The van der Waals surface area contributed by atoms with Crippen molar-refractivity contribution in [2.24, 2.45) is 0 Å². The predicted molar refractivity (Wildman–Crippen MR) is 111 cm³/mol. The molecule has 6 nitrogen and oxygen atoms in total. The Labute approximate surface area is 173 Å². The fourth-order valence-corrected chi connectivity index (χ4v) is 4.65. The number of fused-ring (bicyclic) bond motifs is 1. The zero-order valence-electron chi connectivity index (χ0n) is 16.1. The molecule has 1 atom stereocenters. The molecule has 1 aliphatic rings. The van der Waals surface area contributed by atoms with E-state index >= 15 is 0 Å². The number of para-hydroxylation sites is 1. The average molecular weight is 407 g/mol. The fraction of sp³-hybridized carbons (Fsp3) is 0.318. The lowest BCUT2D eigenvalue weighted by Gasteiger charge is -2.31. The minimum Gasteiger partial charge on any atom is -0.493 e. The second-order valence-corrected chi connectivity index (χ2v) is 8.03. The first-order valence-corrected chi connectivity index (χ1v) is 10.3. The van der Waals surface area contributed by atoms with Crippen molar-refractivity contribution in [3.8, 4) is 17.6 Å². The van der Waals surface area contributed by atoms with Gasteiger partial charge in [-0.15, -0.1) is 11.3 Å². The summed E-state index contributed by atoms with van der Waals surface area (Å²) in [6.07, 6.45) is 1.99. The molecule has 1 saturated heterocycles. The third-order valence-corrected chi connectivity index (χ3v) is 6.28. The number of nitriles is 1. The molecule has 1 aromatic heterocycles. The van der Waals surface area contributed by atoms with Gasteiger partial charge in [-0.25, -0.2) is 4.98 Å². The van der Waals surface area contributed by atoms with Gasteiger partial charge in [-0.05, 0) is 37.1 Å². The highest BCUT2D eigenvalue weighted by atomic mass is 32.1. The van der Waals surface area contributed by atoms with Gasteiger partial charge in [-0.2, -0.15) is 5.26 Å².